The average Bonchev–Trinajstić information content (AvgIpc) is 2.34. The molecule has 1 aromatic carbocycles. The Bertz CT molecular complexity index is 374. The first-order valence-corrected chi connectivity index (χ1v) is 6.52. The zero-order valence-electron chi connectivity index (χ0n) is 9.62. The van der Waals surface area contributed by atoms with Crippen molar-refractivity contribution in [3.8, 4) is 11.8 Å². The van der Waals surface area contributed by atoms with Gasteiger partial charge in [0.15, 0.2) is 0 Å². The predicted molar refractivity (Wildman–Crippen MR) is 69.2 cm³/mol. The number of nitriles is 1. The molecule has 0 aliphatic heterocycles. The maximum Gasteiger partial charge on any atom is 0.143 e. The van der Waals surface area contributed by atoms with Crippen LogP contribution in [-0.2, 0) is 0 Å². The van der Waals surface area contributed by atoms with Gasteiger partial charge in [-0.2, -0.15) is 17.0 Å². The van der Waals surface area contributed by atoms with Crippen LogP contribution in [-0.4, -0.2) is 25.7 Å². The van der Waals surface area contributed by atoms with Crippen molar-refractivity contribution >= 4 is 17.4 Å². The maximum absolute atomic E-state index is 8.99. The molecule has 0 radical (unpaired) electrons. The quantitative estimate of drug-likeness (QED) is 0.771. The van der Waals surface area contributed by atoms with Crippen LogP contribution in [0.2, 0.25) is 0 Å². The average molecular weight is 236 g/mol. The van der Waals surface area contributed by atoms with Gasteiger partial charge in [0, 0.05) is 6.54 Å². The molecule has 0 atom stereocenters. The van der Waals surface area contributed by atoms with Crippen LogP contribution in [0, 0.1) is 11.3 Å². The number of nitrogens with one attached hydrogen (secondary N) is 1. The molecule has 1 N–H and O–H groups in total. The van der Waals surface area contributed by atoms with Gasteiger partial charge in [-0.15, -0.1) is 0 Å². The zero-order chi connectivity index (χ0) is 11.8. The van der Waals surface area contributed by atoms with E-state index in [9.17, 15) is 0 Å². The number of para-hydroxylation sites is 1. The highest BCUT2D eigenvalue weighted by atomic mass is 32.2. The summed E-state index contributed by atoms with van der Waals surface area (Å²) in [5, 5.41) is 12.2. The second-order valence-electron chi connectivity index (χ2n) is 3.27. The number of methoxy groups -OCH3 is 1. The summed E-state index contributed by atoms with van der Waals surface area (Å²) in [4.78, 5) is 0. The standard InChI is InChI=1S/C12H16N2OS/c1-15-11-6-3-5-10(9-13)12(11)14-7-4-8-16-2/h3,5-6,14H,4,7-8H2,1-2H3. The van der Waals surface area contributed by atoms with Gasteiger partial charge in [-0.25, -0.2) is 0 Å². The minimum absolute atomic E-state index is 0.628. The number of benzene rings is 1. The van der Waals surface area contributed by atoms with Crippen LogP contribution in [0.15, 0.2) is 18.2 Å². The Labute approximate surface area is 101 Å². The van der Waals surface area contributed by atoms with Crippen molar-refractivity contribution in [1.29, 1.82) is 5.26 Å². The van der Waals surface area contributed by atoms with Gasteiger partial charge in [0.2, 0.25) is 0 Å². The normalized spacial score (nSPS) is 9.56. The van der Waals surface area contributed by atoms with E-state index in [4.69, 9.17) is 10.00 Å². The Balaban J connectivity index is 2.72. The molecule has 4 heteroatoms. The van der Waals surface area contributed by atoms with Gasteiger partial charge in [-0.3, -0.25) is 0 Å². The fourth-order valence-corrected chi connectivity index (χ4v) is 1.84. The van der Waals surface area contributed by atoms with E-state index >= 15 is 0 Å². The third-order valence-corrected chi connectivity index (χ3v) is 2.89. The van der Waals surface area contributed by atoms with Crippen LogP contribution in [0.1, 0.15) is 12.0 Å². The lowest BCUT2D eigenvalue weighted by atomic mass is 10.1. The molecule has 0 aliphatic carbocycles. The number of nitrogens with zero attached hydrogens (tertiary/aromatic N) is 1. The lowest BCUT2D eigenvalue weighted by molar-refractivity contribution is 0.416. The number of hydrogen-bond donors (Lipinski definition) is 1. The molecule has 0 aromatic heterocycles. The van der Waals surface area contributed by atoms with Crippen molar-refractivity contribution in [2.24, 2.45) is 0 Å². The number of thioether (sulfide) groups is 1. The molecule has 0 heterocycles. The van der Waals surface area contributed by atoms with E-state index in [0.29, 0.717) is 5.56 Å². The monoisotopic (exact) mass is 236 g/mol. The Morgan fingerprint density at radius 3 is 2.94 bits per heavy atom. The zero-order valence-corrected chi connectivity index (χ0v) is 10.4. The van der Waals surface area contributed by atoms with E-state index in [-0.39, 0.29) is 0 Å². The molecule has 0 saturated carbocycles. The number of anilines is 1. The second-order valence-corrected chi connectivity index (χ2v) is 4.25. The highest BCUT2D eigenvalue weighted by molar-refractivity contribution is 7.98. The summed E-state index contributed by atoms with van der Waals surface area (Å²) < 4.78 is 5.23. The fraction of sp³-hybridized carbons (Fsp3) is 0.417. The van der Waals surface area contributed by atoms with E-state index in [2.05, 4.69) is 17.6 Å². The van der Waals surface area contributed by atoms with Crippen LogP contribution < -0.4 is 10.1 Å². The Morgan fingerprint density at radius 2 is 2.31 bits per heavy atom. The lowest BCUT2D eigenvalue weighted by Crippen LogP contribution is -2.05. The molecule has 0 saturated heterocycles. The van der Waals surface area contributed by atoms with Crippen molar-refractivity contribution in [2.75, 3.05) is 31.0 Å². The van der Waals surface area contributed by atoms with Crippen molar-refractivity contribution in [2.45, 2.75) is 6.42 Å². The molecule has 0 unspecified atom stereocenters. The van der Waals surface area contributed by atoms with Gasteiger partial charge in [-0.1, -0.05) is 6.07 Å². The first kappa shape index (κ1) is 12.7. The highest BCUT2D eigenvalue weighted by Crippen LogP contribution is 2.27. The fourth-order valence-electron chi connectivity index (χ4n) is 1.41. The van der Waals surface area contributed by atoms with Gasteiger partial charge in [0.25, 0.3) is 0 Å². The first-order valence-electron chi connectivity index (χ1n) is 5.13. The molecule has 0 amide bonds. The summed E-state index contributed by atoms with van der Waals surface area (Å²) in [5.41, 5.74) is 1.43. The summed E-state index contributed by atoms with van der Waals surface area (Å²) in [6.07, 6.45) is 3.16. The summed E-state index contributed by atoms with van der Waals surface area (Å²) in [7, 11) is 1.61. The molecule has 0 spiro atoms. The topological polar surface area (TPSA) is 45.0 Å². The van der Waals surface area contributed by atoms with Gasteiger partial charge < -0.3 is 10.1 Å². The van der Waals surface area contributed by atoms with Gasteiger partial charge in [-0.05, 0) is 30.6 Å². The van der Waals surface area contributed by atoms with Crippen LogP contribution in [0.3, 0.4) is 0 Å². The molecular formula is C12H16N2OS. The molecule has 1 aromatic rings. The molecule has 0 bridgehead atoms. The van der Waals surface area contributed by atoms with Gasteiger partial charge >= 0.3 is 0 Å². The Hall–Kier alpha value is -1.34. The van der Waals surface area contributed by atoms with E-state index in [1.807, 2.05) is 23.9 Å². The smallest absolute Gasteiger partial charge is 0.143 e. The summed E-state index contributed by atoms with van der Waals surface area (Å²) in [6.45, 7) is 0.857. The Morgan fingerprint density at radius 1 is 1.50 bits per heavy atom. The number of ether oxygens (including phenoxy) is 1. The van der Waals surface area contributed by atoms with Crippen LogP contribution in [0.5, 0.6) is 5.75 Å². The van der Waals surface area contributed by atoms with E-state index in [1.165, 1.54) is 0 Å². The van der Waals surface area contributed by atoms with Crippen LogP contribution in [0.4, 0.5) is 5.69 Å². The highest BCUT2D eigenvalue weighted by Gasteiger charge is 2.07. The van der Waals surface area contributed by atoms with Crippen molar-refractivity contribution in [3.63, 3.8) is 0 Å². The van der Waals surface area contributed by atoms with Crippen molar-refractivity contribution in [3.05, 3.63) is 23.8 Å². The molecule has 16 heavy (non-hydrogen) atoms. The second kappa shape index (κ2) is 7.02. The minimum atomic E-state index is 0.628. The maximum atomic E-state index is 8.99. The number of rotatable bonds is 6. The van der Waals surface area contributed by atoms with Crippen molar-refractivity contribution < 1.29 is 4.74 Å². The molecule has 86 valence electrons. The minimum Gasteiger partial charge on any atom is -0.495 e. The third-order valence-electron chi connectivity index (χ3n) is 2.19. The molecule has 1 rings (SSSR count). The van der Waals surface area contributed by atoms with E-state index in [1.54, 1.807) is 13.2 Å². The first-order chi connectivity index (χ1) is 7.83. The molecule has 0 aliphatic rings. The molecular weight excluding hydrogens is 220 g/mol. The largest absolute Gasteiger partial charge is 0.495 e. The third kappa shape index (κ3) is 3.35. The van der Waals surface area contributed by atoms with Gasteiger partial charge in [0.05, 0.1) is 18.4 Å². The number of hydrogen-bond acceptors (Lipinski definition) is 4. The predicted octanol–water partition coefficient (Wildman–Crippen LogP) is 2.73. The van der Waals surface area contributed by atoms with Crippen LogP contribution in [0.25, 0.3) is 0 Å². The Kier molecular flexibility index (Phi) is 5.58. The SMILES string of the molecule is COc1cccc(C#N)c1NCCCSC. The van der Waals surface area contributed by atoms with E-state index < -0.39 is 0 Å². The lowest BCUT2D eigenvalue weighted by Gasteiger charge is -2.12. The van der Waals surface area contributed by atoms with Crippen LogP contribution >= 0.6 is 11.8 Å². The summed E-state index contributed by atoms with van der Waals surface area (Å²) >= 11 is 1.82. The molecule has 0 fully saturated rings. The summed E-state index contributed by atoms with van der Waals surface area (Å²) in [6, 6.07) is 7.64. The summed E-state index contributed by atoms with van der Waals surface area (Å²) in [5.74, 6) is 1.84. The molecule has 3 nitrogen and oxygen atoms in total. The van der Waals surface area contributed by atoms with Gasteiger partial charge in [0.1, 0.15) is 11.8 Å². The van der Waals surface area contributed by atoms with Crippen molar-refractivity contribution in [1.82, 2.24) is 0 Å². The van der Waals surface area contributed by atoms with E-state index in [0.717, 1.165) is 30.2 Å².